The van der Waals surface area contributed by atoms with Gasteiger partial charge in [-0.2, -0.15) is 0 Å². The molecule has 1 rings (SSSR count). The molecule has 0 aliphatic heterocycles. The zero-order valence-electron chi connectivity index (χ0n) is 11.9. The van der Waals surface area contributed by atoms with Gasteiger partial charge >= 0.3 is 0 Å². The second kappa shape index (κ2) is 7.46. The van der Waals surface area contributed by atoms with Crippen molar-refractivity contribution in [3.05, 3.63) is 0 Å². The summed E-state index contributed by atoms with van der Waals surface area (Å²) in [5, 5.41) is 3.56. The molecule has 1 aliphatic carbocycles. The molecule has 1 fully saturated rings. The topological polar surface area (TPSA) is 58.2 Å². The average molecular weight is 276 g/mol. The van der Waals surface area contributed by atoms with E-state index in [1.165, 1.54) is 31.9 Å². The smallest absolute Gasteiger partial charge is 0.208 e. The molecule has 0 aromatic carbocycles. The molecule has 18 heavy (non-hydrogen) atoms. The summed E-state index contributed by atoms with van der Waals surface area (Å²) in [5.74, 6) is 1.63. The third-order valence-electron chi connectivity index (χ3n) is 3.81. The lowest BCUT2D eigenvalue weighted by molar-refractivity contribution is 0.231. The van der Waals surface area contributed by atoms with Crippen molar-refractivity contribution in [2.75, 3.05) is 19.3 Å². The molecule has 0 aromatic heterocycles. The standard InChI is InChI=1S/C13H28N2O2S/c1-11(2)12-6-4-7-13(10-12)14-8-5-9-15-18(3,16)17/h11-15H,4-10H2,1-3H3. The number of rotatable bonds is 7. The van der Waals surface area contributed by atoms with E-state index in [1.807, 2.05) is 0 Å². The molecule has 0 amide bonds. The molecule has 5 heteroatoms. The molecule has 2 atom stereocenters. The van der Waals surface area contributed by atoms with Gasteiger partial charge in [0.25, 0.3) is 0 Å². The van der Waals surface area contributed by atoms with Crippen molar-refractivity contribution >= 4 is 10.0 Å². The Balaban J connectivity index is 2.12. The van der Waals surface area contributed by atoms with Crippen LogP contribution in [-0.4, -0.2) is 33.8 Å². The minimum absolute atomic E-state index is 0.534. The van der Waals surface area contributed by atoms with Gasteiger partial charge in [-0.05, 0) is 37.6 Å². The van der Waals surface area contributed by atoms with Crippen LogP contribution in [0.25, 0.3) is 0 Å². The summed E-state index contributed by atoms with van der Waals surface area (Å²) in [6, 6.07) is 0.629. The van der Waals surface area contributed by atoms with Gasteiger partial charge in [0.05, 0.1) is 6.26 Å². The zero-order valence-corrected chi connectivity index (χ0v) is 12.7. The van der Waals surface area contributed by atoms with Crippen molar-refractivity contribution in [2.24, 2.45) is 11.8 Å². The SMILES string of the molecule is CC(C)C1CCCC(NCCCNS(C)(=O)=O)C1. The Morgan fingerprint density at radius 3 is 2.56 bits per heavy atom. The van der Waals surface area contributed by atoms with Crippen molar-refractivity contribution in [1.82, 2.24) is 10.0 Å². The molecule has 0 bridgehead atoms. The van der Waals surface area contributed by atoms with Gasteiger partial charge in [-0.3, -0.25) is 0 Å². The first kappa shape index (κ1) is 15.9. The van der Waals surface area contributed by atoms with Crippen molar-refractivity contribution in [3.63, 3.8) is 0 Å². The molecule has 4 nitrogen and oxygen atoms in total. The van der Waals surface area contributed by atoms with Crippen LogP contribution in [0, 0.1) is 11.8 Å². The summed E-state index contributed by atoms with van der Waals surface area (Å²) >= 11 is 0. The molecule has 0 radical (unpaired) electrons. The lowest BCUT2D eigenvalue weighted by Gasteiger charge is -2.32. The molecular weight excluding hydrogens is 248 g/mol. The van der Waals surface area contributed by atoms with Crippen molar-refractivity contribution in [2.45, 2.75) is 52.0 Å². The van der Waals surface area contributed by atoms with Gasteiger partial charge in [0.15, 0.2) is 0 Å². The van der Waals surface area contributed by atoms with Crippen molar-refractivity contribution in [1.29, 1.82) is 0 Å². The summed E-state index contributed by atoms with van der Waals surface area (Å²) in [5.41, 5.74) is 0. The lowest BCUT2D eigenvalue weighted by atomic mass is 9.79. The van der Waals surface area contributed by atoms with Crippen molar-refractivity contribution < 1.29 is 8.42 Å². The molecule has 108 valence electrons. The van der Waals surface area contributed by atoms with E-state index in [9.17, 15) is 8.42 Å². The lowest BCUT2D eigenvalue weighted by Crippen LogP contribution is -2.37. The summed E-state index contributed by atoms with van der Waals surface area (Å²) in [6.45, 7) is 6.05. The van der Waals surface area contributed by atoms with Crippen LogP contribution in [-0.2, 0) is 10.0 Å². The Hall–Kier alpha value is -0.130. The molecule has 1 aliphatic rings. The van der Waals surface area contributed by atoms with Gasteiger partial charge in [-0.1, -0.05) is 26.7 Å². The maximum atomic E-state index is 10.9. The fourth-order valence-electron chi connectivity index (χ4n) is 2.67. The molecule has 0 spiro atoms. The summed E-state index contributed by atoms with van der Waals surface area (Å²) < 4.78 is 24.3. The van der Waals surface area contributed by atoms with E-state index < -0.39 is 10.0 Å². The van der Waals surface area contributed by atoms with Gasteiger partial charge in [0, 0.05) is 12.6 Å². The van der Waals surface area contributed by atoms with Crippen molar-refractivity contribution in [3.8, 4) is 0 Å². The third kappa shape index (κ3) is 6.71. The summed E-state index contributed by atoms with van der Waals surface area (Å²) in [7, 11) is -3.03. The van der Waals surface area contributed by atoms with E-state index in [0.717, 1.165) is 24.8 Å². The predicted octanol–water partition coefficient (Wildman–Crippen LogP) is 1.73. The summed E-state index contributed by atoms with van der Waals surface area (Å²) in [6.07, 6.45) is 7.29. The van der Waals surface area contributed by atoms with E-state index in [2.05, 4.69) is 23.9 Å². The highest BCUT2D eigenvalue weighted by Gasteiger charge is 2.23. The summed E-state index contributed by atoms with van der Waals surface area (Å²) in [4.78, 5) is 0. The van der Waals surface area contributed by atoms with Crippen LogP contribution in [0.5, 0.6) is 0 Å². The molecular formula is C13H28N2O2S. The van der Waals surface area contributed by atoms with E-state index in [1.54, 1.807) is 0 Å². The van der Waals surface area contributed by atoms with Crippen LogP contribution >= 0.6 is 0 Å². The highest BCUT2D eigenvalue weighted by Crippen LogP contribution is 2.29. The monoisotopic (exact) mass is 276 g/mol. The Morgan fingerprint density at radius 1 is 1.22 bits per heavy atom. The largest absolute Gasteiger partial charge is 0.314 e. The Labute approximate surface area is 112 Å². The number of sulfonamides is 1. The van der Waals surface area contributed by atoms with Gasteiger partial charge in [0.2, 0.25) is 10.0 Å². The second-order valence-corrected chi connectivity index (χ2v) is 7.67. The first-order valence-electron chi connectivity index (χ1n) is 7.06. The van der Waals surface area contributed by atoms with Gasteiger partial charge in [0.1, 0.15) is 0 Å². The molecule has 0 aromatic rings. The quantitative estimate of drug-likeness (QED) is 0.696. The molecule has 2 unspecified atom stereocenters. The number of hydrogen-bond acceptors (Lipinski definition) is 3. The van der Waals surface area contributed by atoms with Gasteiger partial charge in [-0.25, -0.2) is 13.1 Å². The highest BCUT2D eigenvalue weighted by atomic mass is 32.2. The minimum Gasteiger partial charge on any atom is -0.314 e. The van der Waals surface area contributed by atoms with Crippen LogP contribution in [0.1, 0.15) is 46.0 Å². The van der Waals surface area contributed by atoms with E-state index >= 15 is 0 Å². The molecule has 1 saturated carbocycles. The van der Waals surface area contributed by atoms with Crippen LogP contribution in [0.2, 0.25) is 0 Å². The van der Waals surface area contributed by atoms with Gasteiger partial charge in [-0.15, -0.1) is 0 Å². The van der Waals surface area contributed by atoms with Gasteiger partial charge < -0.3 is 5.32 Å². The first-order chi connectivity index (χ1) is 8.38. The number of hydrogen-bond donors (Lipinski definition) is 2. The Kier molecular flexibility index (Phi) is 6.60. The third-order valence-corrected chi connectivity index (χ3v) is 4.54. The fraction of sp³-hybridized carbons (Fsp3) is 1.00. The van der Waals surface area contributed by atoms with Crippen LogP contribution in [0.3, 0.4) is 0 Å². The first-order valence-corrected chi connectivity index (χ1v) is 8.95. The maximum Gasteiger partial charge on any atom is 0.208 e. The Morgan fingerprint density at radius 2 is 1.94 bits per heavy atom. The molecule has 0 heterocycles. The second-order valence-electron chi connectivity index (χ2n) is 5.84. The van der Waals surface area contributed by atoms with Crippen LogP contribution in [0.15, 0.2) is 0 Å². The van der Waals surface area contributed by atoms with E-state index in [4.69, 9.17) is 0 Å². The average Bonchev–Trinajstić information content (AvgIpc) is 2.27. The number of nitrogens with one attached hydrogen (secondary N) is 2. The fourth-order valence-corrected chi connectivity index (χ4v) is 3.19. The predicted molar refractivity (Wildman–Crippen MR) is 76.1 cm³/mol. The van der Waals surface area contributed by atoms with Crippen LogP contribution in [0.4, 0.5) is 0 Å². The molecule has 0 saturated heterocycles. The molecule has 2 N–H and O–H groups in total. The zero-order chi connectivity index (χ0) is 13.6. The van der Waals surface area contributed by atoms with Crippen LogP contribution < -0.4 is 10.0 Å². The van der Waals surface area contributed by atoms with E-state index in [0.29, 0.717) is 12.6 Å². The van der Waals surface area contributed by atoms with E-state index in [-0.39, 0.29) is 0 Å². The minimum atomic E-state index is -3.03. The maximum absolute atomic E-state index is 10.9. The Bertz CT molecular complexity index is 328. The highest BCUT2D eigenvalue weighted by molar-refractivity contribution is 7.88. The normalized spacial score (nSPS) is 25.6.